The van der Waals surface area contributed by atoms with Crippen LogP contribution in [-0.4, -0.2) is 226 Å². The average Bonchev–Trinajstić information content (AvgIpc) is 1.34. The Kier molecular flexibility index (Phi) is 28.5. The highest BCUT2D eigenvalue weighted by Gasteiger charge is 2.52. The Morgan fingerprint density at radius 3 is 1.78 bits per heavy atom. The van der Waals surface area contributed by atoms with Crippen LogP contribution in [0.4, 0.5) is 35.1 Å². The monoisotopic (exact) mass is 1450 g/mol. The molecule has 1 saturated carbocycles. The second kappa shape index (κ2) is 35.0. The summed E-state index contributed by atoms with van der Waals surface area (Å²) in [5.74, 6) is -13.9. The van der Waals surface area contributed by atoms with Gasteiger partial charge in [0.2, 0.25) is 65.0 Å². The van der Waals surface area contributed by atoms with Gasteiger partial charge >= 0.3 is 12.4 Å². The van der Waals surface area contributed by atoms with Crippen molar-refractivity contribution in [2.75, 3.05) is 61.0 Å². The molecule has 23 nitrogen and oxygen atoms in total. The SMILES string of the molecule is CCO[C@@H]1C[C@H]2C(=O)NC3(CCCC3)C(=O)N(C)[C@@H]([C@@H](C)CC)C(=O)N(C)[C@H](C)CC(=O)N(C)[C@@H](CC(C)C)C(=O)N[C@@H]([C@@H](C)CC)C(=O)N[C@@H](C)C(=O)N3CC[C@H]3C(=O)N(CC)[C@@H](Cc3ccc(C(F)(F)F)cc3)C(=O)N(C)CC(=O)N[C@@H](CCc3cc(F)c(C(F)(F)F)c(F)c3)C(=O)N2C1. The summed E-state index contributed by atoms with van der Waals surface area (Å²) in [5, 5.41) is 11.0. The van der Waals surface area contributed by atoms with Crippen molar-refractivity contribution in [2.24, 2.45) is 17.8 Å². The summed E-state index contributed by atoms with van der Waals surface area (Å²) in [6.07, 6.45) is -11.3. The number of halogens is 8. The van der Waals surface area contributed by atoms with Crippen LogP contribution in [0.25, 0.3) is 0 Å². The number of alkyl halides is 6. The summed E-state index contributed by atoms with van der Waals surface area (Å²) in [6, 6.07) is -7.38. The third-order valence-electron chi connectivity index (χ3n) is 20.6. The lowest BCUT2D eigenvalue weighted by Crippen LogP contribution is -2.65. The van der Waals surface area contributed by atoms with Crippen molar-refractivity contribution < 1.29 is 92.6 Å². The molecule has 102 heavy (non-hydrogen) atoms. The largest absolute Gasteiger partial charge is 0.422 e. The van der Waals surface area contributed by atoms with Crippen LogP contribution in [0.1, 0.15) is 162 Å². The van der Waals surface area contributed by atoms with Crippen LogP contribution < -0.4 is 21.3 Å². The van der Waals surface area contributed by atoms with Crippen molar-refractivity contribution in [3.63, 3.8) is 0 Å². The number of nitrogens with one attached hydrogen (secondary N) is 4. The summed E-state index contributed by atoms with van der Waals surface area (Å²) in [7, 11) is 5.49. The number of amides is 11. The fourth-order valence-corrected chi connectivity index (χ4v) is 14.0. The molecular weight excluding hydrogens is 1350 g/mol. The summed E-state index contributed by atoms with van der Waals surface area (Å²) in [4.78, 5) is 171. The molecule has 4 aliphatic rings. The minimum absolute atomic E-state index is 0.0103. The fraction of sp³-hybridized carbons (Fsp3) is 0.676. The first-order valence-electron chi connectivity index (χ1n) is 35.2. The molecule has 6 rings (SSSR count). The lowest BCUT2D eigenvalue weighted by atomic mass is 9.90. The molecule has 0 bridgehead atoms. The van der Waals surface area contributed by atoms with Crippen molar-refractivity contribution in [3.8, 4) is 0 Å². The molecule has 3 heterocycles. The Morgan fingerprint density at radius 1 is 0.647 bits per heavy atom. The molecule has 0 aromatic heterocycles. The first-order chi connectivity index (χ1) is 47.7. The van der Waals surface area contributed by atoms with E-state index in [1.165, 1.54) is 54.6 Å². The van der Waals surface area contributed by atoms with Gasteiger partial charge in [-0.3, -0.25) is 52.7 Å². The maximum atomic E-state index is 15.4. The van der Waals surface area contributed by atoms with Crippen molar-refractivity contribution in [3.05, 3.63) is 70.3 Å². The highest BCUT2D eigenvalue weighted by molar-refractivity contribution is 6.00. The molecule has 2 aromatic carbocycles. The van der Waals surface area contributed by atoms with Crippen molar-refractivity contribution >= 4 is 65.0 Å². The molecule has 0 radical (unpaired) electrons. The number of hydrogen-bond acceptors (Lipinski definition) is 12. The number of likely N-dealkylation sites (N-methyl/N-ethyl adjacent to an activating group) is 5. The van der Waals surface area contributed by atoms with Crippen molar-refractivity contribution in [2.45, 2.75) is 231 Å². The predicted molar refractivity (Wildman–Crippen MR) is 358 cm³/mol. The molecular formula is C71H101F8N11O12. The van der Waals surface area contributed by atoms with Gasteiger partial charge < -0.3 is 60.3 Å². The topological polar surface area (TPSA) is 268 Å². The smallest absolute Gasteiger partial charge is 0.377 e. The van der Waals surface area contributed by atoms with E-state index < -0.39 is 204 Å². The lowest BCUT2D eigenvalue weighted by Gasteiger charge is -2.45. The van der Waals surface area contributed by atoms with Gasteiger partial charge in [0, 0.05) is 79.7 Å². The van der Waals surface area contributed by atoms with Gasteiger partial charge in [-0.15, -0.1) is 0 Å². The van der Waals surface area contributed by atoms with E-state index in [-0.39, 0.29) is 81.8 Å². The zero-order valence-electron chi connectivity index (χ0n) is 60.8. The van der Waals surface area contributed by atoms with Gasteiger partial charge in [-0.1, -0.05) is 79.4 Å². The number of aryl methyl sites for hydroxylation is 1. The van der Waals surface area contributed by atoms with E-state index in [9.17, 15) is 55.1 Å². The third-order valence-corrected chi connectivity index (χ3v) is 20.6. The number of carbonyl (C=O) groups excluding carboxylic acids is 11. The van der Waals surface area contributed by atoms with E-state index >= 15 is 32.8 Å². The zero-order valence-corrected chi connectivity index (χ0v) is 60.8. The Morgan fingerprint density at radius 2 is 1.25 bits per heavy atom. The van der Waals surface area contributed by atoms with E-state index in [1.54, 1.807) is 34.6 Å². The summed E-state index contributed by atoms with van der Waals surface area (Å²) < 4.78 is 119. The van der Waals surface area contributed by atoms with Gasteiger partial charge in [-0.2, -0.15) is 26.3 Å². The molecule has 4 fully saturated rings. The highest BCUT2D eigenvalue weighted by Crippen LogP contribution is 2.37. The van der Waals surface area contributed by atoms with E-state index in [0.717, 1.165) is 46.0 Å². The Labute approximate surface area is 591 Å². The van der Waals surface area contributed by atoms with E-state index in [0.29, 0.717) is 37.8 Å². The highest BCUT2D eigenvalue weighted by atomic mass is 19.4. The third kappa shape index (κ3) is 19.6. The number of nitrogens with zero attached hydrogens (tertiary/aromatic N) is 7. The molecule has 3 aliphatic heterocycles. The molecule has 0 unspecified atom stereocenters. The van der Waals surface area contributed by atoms with Crippen LogP contribution in [0.2, 0.25) is 0 Å². The summed E-state index contributed by atoms with van der Waals surface area (Å²) >= 11 is 0. The molecule has 11 amide bonds. The standard InChI is InChI=1S/C71H101F8N11O12/c1-15-40(7)58-62(95)80-43(10)63(96)89-30-27-51(89)66(99)88(17-3)54(35-44-21-24-46(25-22-44)70(74,75)76)65(98)84(11)38-55(91)81-50(26-23-45-33-48(72)57(49(73)34-45)71(77,78)79)64(97)90-37-47(102-18-4)36-53(90)61(94)83-69(28-19-20-29-69)68(101)87(14)59(41(8)16-2)67(100)85(12)42(9)32-56(92)86(13)52(31-39(5)6)60(93)82-58/h21-22,24-25,33-34,39-43,47,50-54,58-59H,15-20,23,26-32,35-38H2,1-14H3,(H,80,95)(H,81,91)(H,82,93)(H,83,94)/t40-,41-,42+,43-,47+,50-,51-,52-,53-,54-,58-,59-/m0/s1. The van der Waals surface area contributed by atoms with Crippen LogP contribution in [0.5, 0.6) is 0 Å². The van der Waals surface area contributed by atoms with Gasteiger partial charge in [0.1, 0.15) is 71.1 Å². The normalized spacial score (nSPS) is 26.6. The molecule has 3 saturated heterocycles. The first kappa shape index (κ1) is 83.0. The fourth-order valence-electron chi connectivity index (χ4n) is 14.0. The minimum Gasteiger partial charge on any atom is -0.377 e. The Bertz CT molecular complexity index is 3350. The van der Waals surface area contributed by atoms with Gasteiger partial charge in [0.15, 0.2) is 0 Å². The van der Waals surface area contributed by atoms with Crippen molar-refractivity contribution in [1.29, 1.82) is 0 Å². The maximum absolute atomic E-state index is 15.4. The second-order valence-electron chi connectivity index (χ2n) is 28.3. The number of hydrogen-bond donors (Lipinski definition) is 4. The Hall–Kier alpha value is -7.99. The number of rotatable bonds is 14. The maximum Gasteiger partial charge on any atom is 0.422 e. The molecule has 1 aliphatic carbocycles. The summed E-state index contributed by atoms with van der Waals surface area (Å²) in [6.45, 7) is 15.4. The van der Waals surface area contributed by atoms with E-state index in [4.69, 9.17) is 4.74 Å². The molecule has 12 atom stereocenters. The molecule has 568 valence electrons. The Balaban J connectivity index is 1.47. The number of benzene rings is 2. The van der Waals surface area contributed by atoms with E-state index in [1.807, 2.05) is 20.8 Å². The molecule has 2 aromatic rings. The quantitative estimate of drug-likeness (QED) is 0.150. The van der Waals surface area contributed by atoms with Crippen LogP contribution in [-0.2, 0) is 82.7 Å². The molecule has 4 N–H and O–H groups in total. The first-order valence-corrected chi connectivity index (χ1v) is 35.2. The van der Waals surface area contributed by atoms with Crippen LogP contribution in [0, 0.1) is 29.4 Å². The number of carbonyl (C=O) groups is 11. The predicted octanol–water partition coefficient (Wildman–Crippen LogP) is 6.41. The van der Waals surface area contributed by atoms with E-state index in [2.05, 4.69) is 21.3 Å². The zero-order chi connectivity index (χ0) is 76.4. The van der Waals surface area contributed by atoms with Crippen LogP contribution >= 0.6 is 0 Å². The second-order valence-corrected chi connectivity index (χ2v) is 28.3. The molecule has 31 heteroatoms. The van der Waals surface area contributed by atoms with Gasteiger partial charge in [0.25, 0.3) is 0 Å². The number of ether oxygens (including phenoxy) is 1. The van der Waals surface area contributed by atoms with Crippen LogP contribution in [0.3, 0.4) is 0 Å². The lowest BCUT2D eigenvalue weighted by molar-refractivity contribution is -0.158. The summed E-state index contributed by atoms with van der Waals surface area (Å²) in [5.41, 5.74) is -5.15. The number of fused-ring (bicyclic) bond motifs is 2. The molecule has 1 spiro atoms. The van der Waals surface area contributed by atoms with Gasteiger partial charge in [-0.05, 0) is 119 Å². The van der Waals surface area contributed by atoms with Gasteiger partial charge in [-0.25, -0.2) is 8.78 Å². The van der Waals surface area contributed by atoms with Crippen LogP contribution in [0.15, 0.2) is 36.4 Å². The van der Waals surface area contributed by atoms with Crippen molar-refractivity contribution in [1.82, 2.24) is 55.6 Å². The van der Waals surface area contributed by atoms with Gasteiger partial charge in [0.05, 0.1) is 18.2 Å². The minimum atomic E-state index is -5.44. The average molecular weight is 1450 g/mol.